The van der Waals surface area contributed by atoms with Crippen molar-refractivity contribution in [1.82, 2.24) is 9.88 Å². The van der Waals surface area contributed by atoms with E-state index in [9.17, 15) is 14.4 Å². The van der Waals surface area contributed by atoms with Crippen LogP contribution in [0.3, 0.4) is 0 Å². The first-order valence-corrected chi connectivity index (χ1v) is 8.88. The molecule has 29 heavy (non-hydrogen) atoms. The molecule has 1 aliphatic rings. The van der Waals surface area contributed by atoms with Gasteiger partial charge in [-0.1, -0.05) is 29.8 Å². The highest BCUT2D eigenvalue weighted by Gasteiger charge is 2.35. The fraction of sp³-hybridized carbons (Fsp3) is 0.0476. The van der Waals surface area contributed by atoms with Crippen LogP contribution in [0.15, 0.2) is 66.9 Å². The lowest BCUT2D eigenvalue weighted by Gasteiger charge is -2.17. The first kappa shape index (κ1) is 20.5. The number of pyridine rings is 1. The number of rotatable bonds is 4. The number of amides is 3. The molecular weight excluding hydrogens is 413 g/mol. The summed E-state index contributed by atoms with van der Waals surface area (Å²) < 4.78 is 0. The largest absolute Gasteiger partial charge is 0.320 e. The number of aromatic nitrogens is 1. The number of hydrogen-bond acceptors (Lipinski definition) is 4. The Kier molecular flexibility index (Phi) is 5.96. The highest BCUT2D eigenvalue weighted by Crippen LogP contribution is 2.28. The summed E-state index contributed by atoms with van der Waals surface area (Å²) in [5.41, 5.74) is 1.99. The van der Waals surface area contributed by atoms with Crippen molar-refractivity contribution in [2.75, 3.05) is 5.32 Å². The Hall–Kier alpha value is -3.22. The van der Waals surface area contributed by atoms with E-state index in [1.54, 1.807) is 60.7 Å². The van der Waals surface area contributed by atoms with Gasteiger partial charge < -0.3 is 5.32 Å². The Morgan fingerprint density at radius 1 is 0.966 bits per heavy atom. The van der Waals surface area contributed by atoms with Gasteiger partial charge in [0.25, 0.3) is 17.7 Å². The average molecular weight is 428 g/mol. The summed E-state index contributed by atoms with van der Waals surface area (Å²) in [6.07, 6.45) is 1.52. The Balaban J connectivity index is 0.00000240. The zero-order valence-electron chi connectivity index (χ0n) is 15.0. The molecule has 0 bridgehead atoms. The van der Waals surface area contributed by atoms with Crippen molar-refractivity contribution in [2.24, 2.45) is 0 Å². The summed E-state index contributed by atoms with van der Waals surface area (Å²) in [7, 11) is 0. The monoisotopic (exact) mass is 427 g/mol. The van der Waals surface area contributed by atoms with Crippen LogP contribution in [0, 0.1) is 0 Å². The van der Waals surface area contributed by atoms with Gasteiger partial charge in [0.05, 0.1) is 17.7 Å². The minimum atomic E-state index is -0.397. The molecule has 8 heteroatoms. The molecule has 0 spiro atoms. The summed E-state index contributed by atoms with van der Waals surface area (Å²) in [4.78, 5) is 42.9. The van der Waals surface area contributed by atoms with Crippen LogP contribution in [0.1, 0.15) is 36.8 Å². The lowest BCUT2D eigenvalue weighted by atomic mass is 10.1. The lowest BCUT2D eigenvalue weighted by molar-refractivity contribution is 0.0642. The van der Waals surface area contributed by atoms with Crippen molar-refractivity contribution >= 4 is 47.4 Å². The molecule has 4 rings (SSSR count). The third-order valence-corrected chi connectivity index (χ3v) is 4.65. The zero-order valence-corrected chi connectivity index (χ0v) is 16.5. The Bertz CT molecular complexity index is 1070. The van der Waals surface area contributed by atoms with Gasteiger partial charge in [-0.3, -0.25) is 24.3 Å². The molecule has 6 nitrogen and oxygen atoms in total. The second-order valence-electron chi connectivity index (χ2n) is 6.21. The van der Waals surface area contributed by atoms with E-state index >= 15 is 0 Å². The molecule has 1 aliphatic heterocycles. The third kappa shape index (κ3) is 3.99. The molecular formula is C21H15Cl2N3O3. The van der Waals surface area contributed by atoms with Crippen LogP contribution in [0.25, 0.3) is 0 Å². The fourth-order valence-electron chi connectivity index (χ4n) is 3.05. The van der Waals surface area contributed by atoms with Crippen molar-refractivity contribution in [1.29, 1.82) is 0 Å². The van der Waals surface area contributed by atoms with E-state index < -0.39 is 5.91 Å². The molecule has 3 amide bonds. The van der Waals surface area contributed by atoms with Gasteiger partial charge in [0.15, 0.2) is 0 Å². The minimum Gasteiger partial charge on any atom is -0.320 e. The number of fused-ring (bicyclic) bond motifs is 1. The van der Waals surface area contributed by atoms with E-state index in [1.165, 1.54) is 6.20 Å². The SMILES string of the molecule is Cl.O=C(Nc1ccc(Cl)cc1CN1C(=O)c2ccccc2C1=O)c1ccccn1. The smallest absolute Gasteiger partial charge is 0.274 e. The second kappa shape index (κ2) is 8.43. The summed E-state index contributed by atoms with van der Waals surface area (Å²) in [5, 5.41) is 3.20. The predicted molar refractivity (Wildman–Crippen MR) is 112 cm³/mol. The Morgan fingerprint density at radius 3 is 2.24 bits per heavy atom. The van der Waals surface area contributed by atoms with E-state index in [0.717, 1.165) is 4.90 Å². The second-order valence-corrected chi connectivity index (χ2v) is 6.65. The highest BCUT2D eigenvalue weighted by atomic mass is 35.5. The average Bonchev–Trinajstić information content (AvgIpc) is 2.96. The number of hydrogen-bond donors (Lipinski definition) is 1. The number of nitrogens with one attached hydrogen (secondary N) is 1. The maximum atomic E-state index is 12.6. The molecule has 146 valence electrons. The fourth-order valence-corrected chi connectivity index (χ4v) is 3.25. The minimum absolute atomic E-state index is 0. The van der Waals surface area contributed by atoms with E-state index in [4.69, 9.17) is 11.6 Å². The van der Waals surface area contributed by atoms with E-state index in [1.807, 2.05) is 0 Å². The maximum absolute atomic E-state index is 12.6. The first-order valence-electron chi connectivity index (χ1n) is 8.50. The summed E-state index contributed by atoms with van der Waals surface area (Å²) in [5.74, 6) is -1.14. The van der Waals surface area contributed by atoms with Gasteiger partial charge >= 0.3 is 0 Å². The number of carbonyl (C=O) groups is 3. The van der Waals surface area contributed by atoms with Crippen molar-refractivity contribution < 1.29 is 14.4 Å². The molecule has 2 heterocycles. The molecule has 0 unspecified atom stereocenters. The molecule has 2 aromatic carbocycles. The number of nitrogens with zero attached hydrogens (tertiary/aromatic N) is 2. The van der Waals surface area contributed by atoms with Gasteiger partial charge in [0.2, 0.25) is 0 Å². The first-order chi connectivity index (χ1) is 13.5. The maximum Gasteiger partial charge on any atom is 0.274 e. The molecule has 0 saturated heterocycles. The van der Waals surface area contributed by atoms with Crippen molar-refractivity contribution in [3.8, 4) is 0 Å². The highest BCUT2D eigenvalue weighted by molar-refractivity contribution is 6.30. The lowest BCUT2D eigenvalue weighted by Crippen LogP contribution is -2.29. The van der Waals surface area contributed by atoms with E-state index in [-0.39, 0.29) is 36.5 Å². The van der Waals surface area contributed by atoms with Gasteiger partial charge in [-0.15, -0.1) is 12.4 Å². The third-order valence-electron chi connectivity index (χ3n) is 4.42. The molecule has 3 aromatic rings. The molecule has 0 radical (unpaired) electrons. The number of anilines is 1. The number of carbonyl (C=O) groups excluding carboxylic acids is 3. The Morgan fingerprint density at radius 2 is 1.62 bits per heavy atom. The van der Waals surface area contributed by atoms with Gasteiger partial charge in [-0.05, 0) is 48.0 Å². The van der Waals surface area contributed by atoms with Gasteiger partial charge in [-0.2, -0.15) is 0 Å². The van der Waals surface area contributed by atoms with Crippen LogP contribution in [0.5, 0.6) is 0 Å². The number of benzene rings is 2. The summed E-state index contributed by atoms with van der Waals surface area (Å²) in [6.45, 7) is -0.00919. The van der Waals surface area contributed by atoms with Gasteiger partial charge in [-0.25, -0.2) is 0 Å². The molecule has 1 aromatic heterocycles. The van der Waals surface area contributed by atoms with Gasteiger partial charge in [0.1, 0.15) is 5.69 Å². The van der Waals surface area contributed by atoms with Crippen LogP contribution in [0.4, 0.5) is 5.69 Å². The van der Waals surface area contributed by atoms with Crippen LogP contribution in [0.2, 0.25) is 5.02 Å². The molecule has 0 fully saturated rings. The normalized spacial score (nSPS) is 12.4. The van der Waals surface area contributed by atoms with E-state index in [2.05, 4.69) is 10.3 Å². The molecule has 0 atom stereocenters. The number of imide groups is 1. The van der Waals surface area contributed by atoms with Crippen molar-refractivity contribution in [3.05, 3.63) is 94.3 Å². The van der Waals surface area contributed by atoms with Gasteiger partial charge in [0, 0.05) is 16.9 Å². The molecule has 0 aliphatic carbocycles. The molecule has 0 saturated carbocycles. The number of halogens is 2. The Labute approximate surface area is 177 Å². The molecule has 1 N–H and O–H groups in total. The van der Waals surface area contributed by atoms with Crippen LogP contribution in [-0.4, -0.2) is 27.6 Å². The topological polar surface area (TPSA) is 79.4 Å². The predicted octanol–water partition coefficient (Wildman–Crippen LogP) is 4.21. The van der Waals surface area contributed by atoms with E-state index in [0.29, 0.717) is 27.4 Å². The standard InChI is InChI=1S/C21H14ClN3O3.ClH/c22-14-8-9-17(24-19(26)18-7-3-4-10-23-18)13(11-14)12-25-20(27)15-5-1-2-6-16(15)21(25)28;/h1-11H,12H2,(H,24,26);1H. The quantitative estimate of drug-likeness (QED) is 0.632. The summed E-state index contributed by atoms with van der Waals surface area (Å²) >= 11 is 6.10. The van der Waals surface area contributed by atoms with Crippen LogP contribution < -0.4 is 5.32 Å². The van der Waals surface area contributed by atoms with Crippen LogP contribution >= 0.6 is 24.0 Å². The van der Waals surface area contributed by atoms with Crippen molar-refractivity contribution in [3.63, 3.8) is 0 Å². The van der Waals surface area contributed by atoms with Crippen molar-refractivity contribution in [2.45, 2.75) is 6.54 Å². The zero-order chi connectivity index (χ0) is 19.7. The summed E-state index contributed by atoms with van der Waals surface area (Å²) in [6, 6.07) is 16.6. The van der Waals surface area contributed by atoms with Crippen LogP contribution in [-0.2, 0) is 6.54 Å².